The molecule has 0 radical (unpaired) electrons. The Bertz CT molecular complexity index is 1380. The summed E-state index contributed by atoms with van der Waals surface area (Å²) in [5, 5.41) is 12.5. The fourth-order valence-electron chi connectivity index (χ4n) is 5.27. The zero-order chi connectivity index (χ0) is 26.6. The van der Waals surface area contributed by atoms with E-state index in [2.05, 4.69) is 45.6 Å². The van der Waals surface area contributed by atoms with Gasteiger partial charge in [0.1, 0.15) is 18.2 Å². The van der Waals surface area contributed by atoms with Crippen molar-refractivity contribution in [2.24, 2.45) is 0 Å². The van der Waals surface area contributed by atoms with E-state index in [-0.39, 0.29) is 5.91 Å². The maximum atomic E-state index is 12.2. The Labute approximate surface area is 223 Å². The lowest BCUT2D eigenvalue weighted by Gasteiger charge is -2.39. The van der Waals surface area contributed by atoms with Crippen molar-refractivity contribution in [1.29, 1.82) is 5.26 Å². The average Bonchev–Trinajstić information content (AvgIpc) is 2.95. The summed E-state index contributed by atoms with van der Waals surface area (Å²) >= 11 is 0. The summed E-state index contributed by atoms with van der Waals surface area (Å²) in [4.78, 5) is 29.8. The van der Waals surface area contributed by atoms with Crippen molar-refractivity contribution in [3.8, 4) is 11.9 Å². The van der Waals surface area contributed by atoms with E-state index < -0.39 is 0 Å². The third-order valence-electron chi connectivity index (χ3n) is 7.27. The van der Waals surface area contributed by atoms with E-state index in [1.807, 2.05) is 37.5 Å². The molecule has 2 aliphatic heterocycles. The minimum atomic E-state index is -0.0603. The first kappa shape index (κ1) is 25.5. The smallest absolute Gasteiger partial charge is 0.246 e. The van der Waals surface area contributed by atoms with E-state index in [4.69, 9.17) is 9.72 Å². The van der Waals surface area contributed by atoms with Gasteiger partial charge < -0.3 is 24.3 Å². The second kappa shape index (κ2) is 11.1. The van der Waals surface area contributed by atoms with Crippen LogP contribution in [0.1, 0.15) is 16.8 Å². The standard InChI is InChI=1S/C29H33N7O2/c1-4-27(37)34-12-14-35(15-13-34)28-22-9-11-36(26-7-5-6-21-8-10-31-19-24(21)26)20-25(22)32-29(23(28)18-30)38-17-16-33(2)3/h4-8,10,19H,1,9,11-17,20H2,2-3H3. The number of rotatable bonds is 7. The summed E-state index contributed by atoms with van der Waals surface area (Å²) < 4.78 is 6.12. The van der Waals surface area contributed by atoms with E-state index >= 15 is 0 Å². The van der Waals surface area contributed by atoms with Gasteiger partial charge >= 0.3 is 0 Å². The Kier molecular flexibility index (Phi) is 7.43. The highest BCUT2D eigenvalue weighted by Crippen LogP contribution is 2.38. The first-order chi connectivity index (χ1) is 18.5. The van der Waals surface area contributed by atoms with Gasteiger partial charge in [-0.05, 0) is 44.1 Å². The Morgan fingerprint density at radius 3 is 2.74 bits per heavy atom. The minimum Gasteiger partial charge on any atom is -0.475 e. The SMILES string of the molecule is C=CC(=O)N1CCN(c2c(C#N)c(OCCN(C)C)nc3c2CCN(c2cccc4ccncc24)C3)CC1. The highest BCUT2D eigenvalue weighted by atomic mass is 16.5. The maximum absolute atomic E-state index is 12.2. The van der Waals surface area contributed by atoms with Crippen molar-refractivity contribution in [3.63, 3.8) is 0 Å². The van der Waals surface area contributed by atoms with Gasteiger partial charge in [0.2, 0.25) is 11.8 Å². The molecule has 1 fully saturated rings. The van der Waals surface area contributed by atoms with Crippen LogP contribution < -0.4 is 14.5 Å². The van der Waals surface area contributed by atoms with Gasteiger partial charge in [0.25, 0.3) is 0 Å². The van der Waals surface area contributed by atoms with Gasteiger partial charge in [-0.1, -0.05) is 18.7 Å². The van der Waals surface area contributed by atoms with Crippen molar-refractivity contribution in [3.05, 3.63) is 66.1 Å². The minimum absolute atomic E-state index is 0.0603. The van der Waals surface area contributed by atoms with Crippen LogP contribution in [0.5, 0.6) is 5.88 Å². The van der Waals surface area contributed by atoms with E-state index in [9.17, 15) is 10.1 Å². The summed E-state index contributed by atoms with van der Waals surface area (Å²) in [6.07, 6.45) is 5.84. The Hall–Kier alpha value is -4.16. The van der Waals surface area contributed by atoms with Gasteiger partial charge in [-0.15, -0.1) is 0 Å². The van der Waals surface area contributed by atoms with Crippen molar-refractivity contribution >= 4 is 28.1 Å². The Balaban J connectivity index is 1.52. The van der Waals surface area contributed by atoms with Gasteiger partial charge in [0.05, 0.1) is 17.9 Å². The fourth-order valence-corrected chi connectivity index (χ4v) is 5.27. The lowest BCUT2D eigenvalue weighted by molar-refractivity contribution is -0.126. The number of anilines is 2. The number of carbonyl (C=O) groups excluding carboxylic acids is 1. The van der Waals surface area contributed by atoms with Crippen LogP contribution in [0.25, 0.3) is 10.8 Å². The molecule has 38 heavy (non-hydrogen) atoms. The van der Waals surface area contributed by atoms with E-state index in [0.29, 0.717) is 50.8 Å². The lowest BCUT2D eigenvalue weighted by Crippen LogP contribution is -2.49. The summed E-state index contributed by atoms with van der Waals surface area (Å²) in [7, 11) is 3.97. The number of benzene rings is 1. The maximum Gasteiger partial charge on any atom is 0.246 e. The molecule has 1 aromatic carbocycles. The predicted molar refractivity (Wildman–Crippen MR) is 148 cm³/mol. The molecule has 0 unspecified atom stereocenters. The van der Waals surface area contributed by atoms with Gasteiger partial charge in [-0.2, -0.15) is 5.26 Å². The van der Waals surface area contributed by atoms with Crippen LogP contribution in [0.3, 0.4) is 0 Å². The number of pyridine rings is 2. The predicted octanol–water partition coefficient (Wildman–Crippen LogP) is 2.84. The van der Waals surface area contributed by atoms with Crippen LogP contribution in [0.4, 0.5) is 11.4 Å². The number of hydrogen-bond acceptors (Lipinski definition) is 8. The number of ether oxygens (including phenoxy) is 1. The zero-order valence-electron chi connectivity index (χ0n) is 22.1. The van der Waals surface area contributed by atoms with Crippen LogP contribution in [-0.4, -0.2) is 85.6 Å². The van der Waals surface area contributed by atoms with E-state index in [1.54, 1.807) is 4.90 Å². The van der Waals surface area contributed by atoms with Crippen molar-refractivity contribution in [2.45, 2.75) is 13.0 Å². The number of aromatic nitrogens is 2. The molecule has 1 amide bonds. The molecule has 0 aliphatic carbocycles. The second-order valence-corrected chi connectivity index (χ2v) is 9.89. The summed E-state index contributed by atoms with van der Waals surface area (Å²) in [6.45, 7) is 8.63. The number of piperazine rings is 1. The highest BCUT2D eigenvalue weighted by molar-refractivity contribution is 5.93. The lowest BCUT2D eigenvalue weighted by atomic mass is 9.97. The fraction of sp³-hybridized carbons (Fsp3) is 0.379. The number of fused-ring (bicyclic) bond motifs is 2. The number of nitrogens with zero attached hydrogens (tertiary/aromatic N) is 7. The molecule has 0 spiro atoms. The molecule has 0 N–H and O–H groups in total. The topological polar surface area (TPSA) is 88.8 Å². The molecule has 2 aliphatic rings. The monoisotopic (exact) mass is 511 g/mol. The van der Waals surface area contributed by atoms with Gasteiger partial charge in [-0.3, -0.25) is 9.78 Å². The van der Waals surface area contributed by atoms with Crippen LogP contribution in [-0.2, 0) is 17.8 Å². The molecular formula is C29H33N7O2. The van der Waals surface area contributed by atoms with Crippen LogP contribution in [0.2, 0.25) is 0 Å². The van der Waals surface area contributed by atoms with Gasteiger partial charge in [0.15, 0.2) is 0 Å². The number of likely N-dealkylation sites (N-methyl/N-ethyl adjacent to an activating group) is 1. The number of amides is 1. The third kappa shape index (κ3) is 5.00. The number of hydrogen-bond donors (Lipinski definition) is 0. The van der Waals surface area contributed by atoms with Crippen molar-refractivity contribution in [1.82, 2.24) is 19.8 Å². The average molecular weight is 512 g/mol. The molecular weight excluding hydrogens is 478 g/mol. The summed E-state index contributed by atoms with van der Waals surface area (Å²) in [5.74, 6) is 0.323. The first-order valence-electron chi connectivity index (χ1n) is 13.0. The molecule has 9 nitrogen and oxygen atoms in total. The Morgan fingerprint density at radius 1 is 1.18 bits per heavy atom. The molecule has 1 saturated heterocycles. The normalized spacial score (nSPS) is 15.4. The largest absolute Gasteiger partial charge is 0.475 e. The van der Waals surface area contributed by atoms with Crippen molar-refractivity contribution in [2.75, 3.05) is 69.8 Å². The molecule has 5 rings (SSSR count). The van der Waals surface area contributed by atoms with Gasteiger partial charge in [0, 0.05) is 68.3 Å². The van der Waals surface area contributed by atoms with E-state index in [1.165, 1.54) is 6.08 Å². The molecule has 9 heteroatoms. The van der Waals surface area contributed by atoms with Crippen LogP contribution >= 0.6 is 0 Å². The summed E-state index contributed by atoms with van der Waals surface area (Å²) in [5.41, 5.74) is 4.53. The molecule has 2 aromatic heterocycles. The summed E-state index contributed by atoms with van der Waals surface area (Å²) in [6, 6.07) is 10.7. The zero-order valence-corrected chi connectivity index (χ0v) is 22.1. The van der Waals surface area contributed by atoms with Crippen LogP contribution in [0.15, 0.2) is 49.3 Å². The van der Waals surface area contributed by atoms with Crippen LogP contribution in [0, 0.1) is 11.3 Å². The molecule has 4 heterocycles. The van der Waals surface area contributed by atoms with Crippen molar-refractivity contribution < 1.29 is 9.53 Å². The molecule has 0 atom stereocenters. The number of carbonyl (C=O) groups is 1. The molecule has 0 saturated carbocycles. The quantitative estimate of drug-likeness (QED) is 0.448. The first-order valence-corrected chi connectivity index (χ1v) is 13.0. The molecule has 196 valence electrons. The second-order valence-electron chi connectivity index (χ2n) is 9.89. The van der Waals surface area contributed by atoms with Gasteiger partial charge in [-0.25, -0.2) is 4.98 Å². The highest BCUT2D eigenvalue weighted by Gasteiger charge is 2.31. The van der Waals surface area contributed by atoms with E-state index in [0.717, 1.165) is 52.9 Å². The number of nitriles is 1. The molecule has 3 aromatic rings. The Morgan fingerprint density at radius 2 is 2.00 bits per heavy atom. The third-order valence-corrected chi connectivity index (χ3v) is 7.27. The molecule has 0 bridgehead atoms.